The largest absolute Gasteiger partial charge is 0.497 e. The van der Waals surface area contributed by atoms with Gasteiger partial charge in [-0.1, -0.05) is 0 Å². The van der Waals surface area contributed by atoms with Crippen molar-refractivity contribution in [2.24, 2.45) is 5.92 Å². The maximum atomic E-state index is 12.4. The number of hydroxylamine groups is 1. The number of carbonyl (C=O) groups is 2. The van der Waals surface area contributed by atoms with Gasteiger partial charge in [-0.3, -0.25) is 14.8 Å². The Morgan fingerprint density at radius 1 is 1.21 bits per heavy atom. The van der Waals surface area contributed by atoms with Crippen LogP contribution in [0.2, 0.25) is 0 Å². The number of piperidine rings is 1. The van der Waals surface area contributed by atoms with Gasteiger partial charge in [-0.25, -0.2) is 0 Å². The third-order valence-corrected chi connectivity index (χ3v) is 4.23. The SMILES string of the molecule is COc1ccc(N(O)C(=O)[C@@H](CO)CC(=O)N2CCCCC2)cc1. The summed E-state index contributed by atoms with van der Waals surface area (Å²) in [5.41, 5.74) is 0.254. The minimum Gasteiger partial charge on any atom is -0.497 e. The number of amides is 2. The number of rotatable bonds is 6. The molecule has 1 aromatic rings. The zero-order chi connectivity index (χ0) is 17.5. The second-order valence-electron chi connectivity index (χ2n) is 5.87. The van der Waals surface area contributed by atoms with Crippen LogP contribution in [0.5, 0.6) is 5.75 Å². The van der Waals surface area contributed by atoms with E-state index in [-0.39, 0.29) is 18.0 Å². The van der Waals surface area contributed by atoms with Gasteiger partial charge in [-0.2, -0.15) is 5.06 Å². The molecule has 7 heteroatoms. The fourth-order valence-electron chi connectivity index (χ4n) is 2.74. The number of hydrogen-bond acceptors (Lipinski definition) is 5. The number of ether oxygens (including phenoxy) is 1. The number of anilines is 1. The van der Waals surface area contributed by atoms with Crippen molar-refractivity contribution >= 4 is 17.5 Å². The minimum atomic E-state index is -0.966. The Balaban J connectivity index is 1.99. The van der Waals surface area contributed by atoms with Gasteiger partial charge in [-0.15, -0.1) is 0 Å². The van der Waals surface area contributed by atoms with E-state index in [2.05, 4.69) is 0 Å². The number of carbonyl (C=O) groups excluding carboxylic acids is 2. The normalized spacial score (nSPS) is 15.7. The highest BCUT2D eigenvalue weighted by Crippen LogP contribution is 2.21. The summed E-state index contributed by atoms with van der Waals surface area (Å²) in [5, 5.41) is 20.0. The maximum absolute atomic E-state index is 12.4. The Hall–Kier alpha value is -2.12. The molecule has 1 atom stereocenters. The number of benzene rings is 1. The van der Waals surface area contributed by atoms with Crippen LogP contribution in [-0.4, -0.2) is 53.8 Å². The van der Waals surface area contributed by atoms with Gasteiger partial charge in [0, 0.05) is 19.5 Å². The van der Waals surface area contributed by atoms with E-state index in [1.54, 1.807) is 17.0 Å². The molecule has 2 rings (SSSR count). The second kappa shape index (κ2) is 8.65. The number of methoxy groups -OCH3 is 1. The summed E-state index contributed by atoms with van der Waals surface area (Å²) >= 11 is 0. The Kier molecular flexibility index (Phi) is 6.57. The monoisotopic (exact) mass is 336 g/mol. The van der Waals surface area contributed by atoms with Crippen molar-refractivity contribution in [3.8, 4) is 5.75 Å². The van der Waals surface area contributed by atoms with Crippen LogP contribution in [0.1, 0.15) is 25.7 Å². The first-order valence-electron chi connectivity index (χ1n) is 8.12. The molecule has 0 saturated carbocycles. The Labute approximate surface area is 141 Å². The third-order valence-electron chi connectivity index (χ3n) is 4.23. The average Bonchev–Trinajstić information content (AvgIpc) is 2.65. The molecule has 7 nitrogen and oxygen atoms in total. The van der Waals surface area contributed by atoms with Crippen molar-refractivity contribution < 1.29 is 24.6 Å². The van der Waals surface area contributed by atoms with Crippen molar-refractivity contribution in [1.82, 2.24) is 4.90 Å². The number of nitrogens with zero attached hydrogens (tertiary/aromatic N) is 2. The highest BCUT2D eigenvalue weighted by atomic mass is 16.5. The molecule has 1 aliphatic heterocycles. The molecular weight excluding hydrogens is 312 g/mol. The van der Waals surface area contributed by atoms with Crippen molar-refractivity contribution in [1.29, 1.82) is 0 Å². The van der Waals surface area contributed by atoms with E-state index in [1.807, 2.05) is 0 Å². The lowest BCUT2D eigenvalue weighted by atomic mass is 10.0. The Morgan fingerprint density at radius 2 is 1.83 bits per heavy atom. The summed E-state index contributed by atoms with van der Waals surface area (Å²) in [6.07, 6.45) is 2.92. The van der Waals surface area contributed by atoms with Gasteiger partial charge in [0.25, 0.3) is 5.91 Å². The molecule has 0 radical (unpaired) electrons. The summed E-state index contributed by atoms with van der Waals surface area (Å²) in [4.78, 5) is 26.3. The highest BCUT2D eigenvalue weighted by molar-refractivity contribution is 5.95. The molecule has 0 spiro atoms. The van der Waals surface area contributed by atoms with Crippen LogP contribution < -0.4 is 9.80 Å². The molecule has 0 unspecified atom stereocenters. The van der Waals surface area contributed by atoms with Gasteiger partial charge in [0.05, 0.1) is 25.3 Å². The number of likely N-dealkylation sites (tertiary alicyclic amines) is 1. The summed E-state index contributed by atoms with van der Waals surface area (Å²) in [7, 11) is 1.52. The fraction of sp³-hybridized carbons (Fsp3) is 0.529. The highest BCUT2D eigenvalue weighted by Gasteiger charge is 2.29. The van der Waals surface area contributed by atoms with E-state index in [1.165, 1.54) is 19.2 Å². The van der Waals surface area contributed by atoms with Crippen molar-refractivity contribution in [2.45, 2.75) is 25.7 Å². The smallest absolute Gasteiger partial charge is 0.256 e. The van der Waals surface area contributed by atoms with Crippen LogP contribution in [-0.2, 0) is 9.59 Å². The van der Waals surface area contributed by atoms with Crippen LogP contribution in [0.25, 0.3) is 0 Å². The van der Waals surface area contributed by atoms with E-state index in [0.717, 1.165) is 19.3 Å². The molecule has 2 amide bonds. The minimum absolute atomic E-state index is 0.109. The van der Waals surface area contributed by atoms with Gasteiger partial charge in [-0.05, 0) is 43.5 Å². The van der Waals surface area contributed by atoms with Crippen LogP contribution in [0.15, 0.2) is 24.3 Å². The zero-order valence-electron chi connectivity index (χ0n) is 13.9. The van der Waals surface area contributed by atoms with Gasteiger partial charge < -0.3 is 14.7 Å². The van der Waals surface area contributed by atoms with Crippen LogP contribution in [0.3, 0.4) is 0 Å². The molecule has 1 fully saturated rings. The molecule has 1 aliphatic rings. The molecule has 1 heterocycles. The van der Waals surface area contributed by atoms with Gasteiger partial charge in [0.2, 0.25) is 5.91 Å². The first kappa shape index (κ1) is 18.2. The van der Waals surface area contributed by atoms with Crippen LogP contribution in [0.4, 0.5) is 5.69 Å². The average molecular weight is 336 g/mol. The predicted octanol–water partition coefficient (Wildman–Crippen LogP) is 1.43. The zero-order valence-corrected chi connectivity index (χ0v) is 13.9. The molecule has 0 bridgehead atoms. The second-order valence-corrected chi connectivity index (χ2v) is 5.87. The summed E-state index contributed by atoms with van der Waals surface area (Å²) in [6.45, 7) is 0.880. The molecule has 0 aromatic heterocycles. The number of aliphatic hydroxyl groups excluding tert-OH is 1. The lowest BCUT2D eigenvalue weighted by molar-refractivity contribution is -0.138. The van der Waals surface area contributed by atoms with Crippen molar-refractivity contribution in [2.75, 3.05) is 31.9 Å². The maximum Gasteiger partial charge on any atom is 0.256 e. The number of hydrogen-bond donors (Lipinski definition) is 2. The van der Waals surface area contributed by atoms with E-state index in [0.29, 0.717) is 23.9 Å². The Bertz CT molecular complexity index is 555. The summed E-state index contributed by atoms with van der Waals surface area (Å²) in [6, 6.07) is 6.27. The van der Waals surface area contributed by atoms with E-state index in [4.69, 9.17) is 4.74 Å². The topological polar surface area (TPSA) is 90.3 Å². The van der Waals surface area contributed by atoms with Crippen LogP contribution in [0, 0.1) is 5.92 Å². The summed E-state index contributed by atoms with van der Waals surface area (Å²) < 4.78 is 5.02. The molecule has 1 saturated heterocycles. The van der Waals surface area contributed by atoms with E-state index < -0.39 is 18.4 Å². The van der Waals surface area contributed by atoms with E-state index in [9.17, 15) is 19.9 Å². The van der Waals surface area contributed by atoms with Gasteiger partial charge >= 0.3 is 0 Å². The molecule has 0 aliphatic carbocycles. The molecule has 132 valence electrons. The first-order chi connectivity index (χ1) is 11.6. The van der Waals surface area contributed by atoms with Gasteiger partial charge in [0.15, 0.2) is 0 Å². The molecule has 2 N–H and O–H groups in total. The van der Waals surface area contributed by atoms with Crippen LogP contribution >= 0.6 is 0 Å². The molecule has 1 aromatic carbocycles. The van der Waals surface area contributed by atoms with Gasteiger partial charge in [0.1, 0.15) is 5.75 Å². The quantitative estimate of drug-likeness (QED) is 0.606. The predicted molar refractivity (Wildman–Crippen MR) is 87.9 cm³/mol. The lowest BCUT2D eigenvalue weighted by Gasteiger charge is -2.28. The van der Waals surface area contributed by atoms with Crippen molar-refractivity contribution in [3.63, 3.8) is 0 Å². The fourth-order valence-corrected chi connectivity index (χ4v) is 2.74. The van der Waals surface area contributed by atoms with Crippen molar-refractivity contribution in [3.05, 3.63) is 24.3 Å². The number of aliphatic hydroxyl groups is 1. The lowest BCUT2D eigenvalue weighted by Crippen LogP contribution is -2.41. The summed E-state index contributed by atoms with van der Waals surface area (Å²) in [5.74, 6) is -1.23. The molecule has 24 heavy (non-hydrogen) atoms. The third kappa shape index (κ3) is 4.46. The Morgan fingerprint density at radius 3 is 2.38 bits per heavy atom. The van der Waals surface area contributed by atoms with E-state index >= 15 is 0 Å². The standard InChI is InChI=1S/C17H24N2O5/c1-24-15-7-5-14(6-8-15)19(23)17(22)13(12-20)11-16(21)18-9-3-2-4-10-18/h5-8,13,20,23H,2-4,9-12H2,1H3/t13-/m1/s1. The molecular formula is C17H24N2O5. The first-order valence-corrected chi connectivity index (χ1v) is 8.12.